The van der Waals surface area contributed by atoms with Gasteiger partial charge in [0.25, 0.3) is 0 Å². The summed E-state index contributed by atoms with van der Waals surface area (Å²) in [5, 5.41) is 66.2. The number of thiocarbonyl (C=S) groups is 1. The van der Waals surface area contributed by atoms with Gasteiger partial charge in [-0.2, -0.15) is 4.99 Å². The lowest BCUT2D eigenvalue weighted by Gasteiger charge is -2.52. The van der Waals surface area contributed by atoms with Crippen LogP contribution < -0.4 is 0 Å². The minimum Gasteiger partial charge on any atom is -0.508 e. The Balaban J connectivity index is 2.14. The van der Waals surface area contributed by atoms with Crippen LogP contribution in [0, 0.1) is 11.3 Å². The lowest BCUT2D eigenvalue weighted by molar-refractivity contribution is -0.345. The van der Waals surface area contributed by atoms with Gasteiger partial charge < -0.3 is 58.7 Å². The van der Waals surface area contributed by atoms with Crippen LogP contribution in [-0.4, -0.2) is 146 Å². The van der Waals surface area contributed by atoms with Crippen LogP contribution in [-0.2, 0) is 57.1 Å². The Morgan fingerprint density at radius 1 is 1.19 bits per heavy atom. The van der Waals surface area contributed by atoms with Crippen molar-refractivity contribution in [2.75, 3.05) is 13.7 Å². The maximum absolute atomic E-state index is 13.3. The number of carbonyl (C=O) groups is 5. The van der Waals surface area contributed by atoms with Gasteiger partial charge in [-0.25, -0.2) is 9.59 Å². The summed E-state index contributed by atoms with van der Waals surface area (Å²) >= 11 is 4.60. The monoisotopic (exact) mass is 786 g/mol. The normalized spacial score (nSPS) is 34.3. The van der Waals surface area contributed by atoms with Crippen molar-refractivity contribution < 1.29 is 82.7 Å². The Labute approximate surface area is 315 Å². The molecule has 3 rings (SSSR count). The first-order valence-electron chi connectivity index (χ1n) is 16.9. The van der Waals surface area contributed by atoms with Gasteiger partial charge in [0, 0.05) is 20.5 Å². The van der Waals surface area contributed by atoms with E-state index < -0.39 is 132 Å². The number of aliphatic imine (C=N–C) groups is 1. The average molecular weight is 787 g/mol. The molecule has 6 N–H and O–H groups in total. The standard InChI is InChI=1S/C34H46N2O17S/c1-8-14(3)31(43)50-16(5)34(46)15(4)49-22(10-21(34)47-7)52-27-25(39)29(33(45)11-19(38)24(35)23(28(33)40)30(41)42)51-20(12-48-17(6)37)26(27)53-32(44)18(9-2)36-13-54/h9,14-16,20-22,25-27,29,35,39-40,45-46H,8,10-12H2,1-7H3,(H,41,42)/b18-9+,35-24?/t14-,15-,16+,20+,21-,22-,25+,26+,27-,29+,33+,34-/m0/s1. The van der Waals surface area contributed by atoms with Crippen molar-refractivity contribution in [2.45, 2.75) is 127 Å². The summed E-state index contributed by atoms with van der Waals surface area (Å²) in [7, 11) is 1.27. The fraction of sp³-hybridized carbons (Fsp3) is 0.676. The van der Waals surface area contributed by atoms with Crippen LogP contribution in [0.1, 0.15) is 60.8 Å². The zero-order chi connectivity index (χ0) is 40.9. The largest absolute Gasteiger partial charge is 0.508 e. The van der Waals surface area contributed by atoms with E-state index in [1.54, 1.807) is 13.8 Å². The Morgan fingerprint density at radius 3 is 2.37 bits per heavy atom. The lowest BCUT2D eigenvalue weighted by Crippen LogP contribution is -2.70. The number of carboxylic acids is 1. The Hall–Kier alpha value is -3.98. The van der Waals surface area contributed by atoms with Gasteiger partial charge in [-0.1, -0.05) is 19.9 Å². The van der Waals surface area contributed by atoms with Crippen LogP contribution in [0.5, 0.6) is 0 Å². The molecule has 2 aliphatic heterocycles. The van der Waals surface area contributed by atoms with E-state index in [1.165, 1.54) is 34.0 Å². The van der Waals surface area contributed by atoms with Crippen LogP contribution >= 0.6 is 12.2 Å². The maximum atomic E-state index is 13.3. The summed E-state index contributed by atoms with van der Waals surface area (Å²) < 4.78 is 40.0. The molecule has 0 aromatic rings. The summed E-state index contributed by atoms with van der Waals surface area (Å²) in [5.74, 6) is -7.65. The molecule has 0 spiro atoms. The molecule has 2 heterocycles. The van der Waals surface area contributed by atoms with E-state index in [0.717, 1.165) is 6.92 Å². The van der Waals surface area contributed by atoms with Gasteiger partial charge in [0.05, 0.1) is 29.7 Å². The van der Waals surface area contributed by atoms with Crippen LogP contribution in [0.15, 0.2) is 28.1 Å². The maximum Gasteiger partial charge on any atom is 0.357 e. The number of aliphatic hydroxyl groups excluding tert-OH is 2. The van der Waals surface area contributed by atoms with Gasteiger partial charge in [0.15, 0.2) is 35.1 Å². The second-order valence-corrected chi connectivity index (χ2v) is 13.3. The van der Waals surface area contributed by atoms with Crippen molar-refractivity contribution in [1.82, 2.24) is 0 Å². The van der Waals surface area contributed by atoms with Crippen molar-refractivity contribution in [3.05, 3.63) is 23.1 Å². The molecule has 54 heavy (non-hydrogen) atoms. The van der Waals surface area contributed by atoms with E-state index in [4.69, 9.17) is 38.6 Å². The molecule has 2 saturated heterocycles. The average Bonchev–Trinajstić information content (AvgIpc) is 3.11. The van der Waals surface area contributed by atoms with Crippen molar-refractivity contribution in [3.8, 4) is 0 Å². The Morgan fingerprint density at radius 2 is 1.83 bits per heavy atom. The molecule has 0 aromatic heterocycles. The molecule has 20 heteroatoms. The van der Waals surface area contributed by atoms with Gasteiger partial charge >= 0.3 is 23.9 Å². The van der Waals surface area contributed by atoms with E-state index in [-0.39, 0.29) is 12.1 Å². The number of carbonyl (C=O) groups excluding carboxylic acids is 4. The highest BCUT2D eigenvalue weighted by Crippen LogP contribution is 2.42. The van der Waals surface area contributed by atoms with Gasteiger partial charge in [0.1, 0.15) is 54.2 Å². The molecule has 300 valence electrons. The number of Topliss-reactive ketones (excluding diaryl/α,β-unsaturated/α-hetero) is 1. The van der Waals surface area contributed by atoms with Crippen LogP contribution in [0.2, 0.25) is 0 Å². The minimum absolute atomic E-state index is 0.323. The molecule has 19 nitrogen and oxygen atoms in total. The second-order valence-electron chi connectivity index (χ2n) is 13.1. The number of ether oxygens (including phenoxy) is 7. The molecule has 2 fully saturated rings. The summed E-state index contributed by atoms with van der Waals surface area (Å²) in [4.78, 5) is 66.3. The molecular formula is C34H46N2O17S. The third-order valence-electron chi connectivity index (χ3n) is 9.77. The first-order chi connectivity index (χ1) is 25.2. The van der Waals surface area contributed by atoms with Gasteiger partial charge in [0.2, 0.25) is 0 Å². The number of allylic oxidation sites excluding steroid dienone is 1. The van der Waals surface area contributed by atoms with Crippen LogP contribution in [0.4, 0.5) is 0 Å². The highest BCUT2D eigenvalue weighted by Gasteiger charge is 2.62. The molecule has 0 radical (unpaired) electrons. The van der Waals surface area contributed by atoms with E-state index in [0.29, 0.717) is 6.42 Å². The predicted octanol–water partition coefficient (Wildman–Crippen LogP) is 0.461. The van der Waals surface area contributed by atoms with E-state index in [9.17, 15) is 49.5 Å². The van der Waals surface area contributed by atoms with Crippen LogP contribution in [0.3, 0.4) is 0 Å². The smallest absolute Gasteiger partial charge is 0.357 e. The molecule has 0 saturated carbocycles. The molecule has 0 aromatic carbocycles. The van der Waals surface area contributed by atoms with Gasteiger partial charge in [-0.3, -0.25) is 19.8 Å². The summed E-state index contributed by atoms with van der Waals surface area (Å²) in [6.07, 6.45) is -14.5. The number of methoxy groups -OCH3 is 1. The number of aliphatic hydroxyl groups is 4. The number of hydrogen-bond acceptors (Lipinski definition) is 19. The lowest BCUT2D eigenvalue weighted by atomic mass is 9.74. The summed E-state index contributed by atoms with van der Waals surface area (Å²) in [6, 6.07) is 0. The molecule has 0 unspecified atom stereocenters. The van der Waals surface area contributed by atoms with Crippen molar-refractivity contribution >= 4 is 52.8 Å². The highest BCUT2D eigenvalue weighted by molar-refractivity contribution is 7.78. The molecule has 0 amide bonds. The Bertz CT molecular complexity index is 1610. The van der Waals surface area contributed by atoms with E-state index in [2.05, 4.69) is 17.2 Å². The zero-order valence-corrected chi connectivity index (χ0v) is 31.5. The fourth-order valence-electron chi connectivity index (χ4n) is 6.46. The number of nitrogens with one attached hydrogen (secondary N) is 1. The first-order valence-corrected chi connectivity index (χ1v) is 17.3. The van der Waals surface area contributed by atoms with Gasteiger partial charge in [-0.05, 0) is 39.4 Å². The second kappa shape index (κ2) is 18.1. The summed E-state index contributed by atoms with van der Waals surface area (Å²) in [6.45, 7) is 8.03. The number of esters is 3. The fourth-order valence-corrected chi connectivity index (χ4v) is 6.56. The quantitative estimate of drug-likeness (QED) is 0.0458. The predicted molar refractivity (Wildman–Crippen MR) is 184 cm³/mol. The number of aliphatic carboxylic acids is 1. The number of ketones is 1. The topological polar surface area (TPSA) is 287 Å². The number of hydrogen-bond donors (Lipinski definition) is 6. The molecule has 3 aliphatic rings. The molecule has 0 bridgehead atoms. The number of rotatable bonds is 14. The van der Waals surface area contributed by atoms with E-state index >= 15 is 0 Å². The zero-order valence-electron chi connectivity index (χ0n) is 30.7. The highest BCUT2D eigenvalue weighted by atomic mass is 32.1. The summed E-state index contributed by atoms with van der Waals surface area (Å²) in [5.41, 5.74) is -7.74. The molecular weight excluding hydrogens is 740 g/mol. The Kier molecular flexibility index (Phi) is 14.9. The van der Waals surface area contributed by atoms with Gasteiger partial charge in [-0.15, -0.1) is 0 Å². The number of nitrogens with zero attached hydrogens (tertiary/aromatic N) is 1. The molecule has 1 aliphatic carbocycles. The minimum atomic E-state index is -3.03. The van der Waals surface area contributed by atoms with E-state index in [1.807, 2.05) is 5.16 Å². The van der Waals surface area contributed by atoms with Crippen LogP contribution in [0.25, 0.3) is 0 Å². The SMILES string of the molecule is C/C=C(/N=C=S)C(=O)O[C@H]1[C@@H](O[C@H]2C[C@H](OC)[C@@](O)([C@@H](C)OC(=O)[C@@H](C)CC)[C@H](C)O2)[C@@H](O)[C@H]([C@@]2(O)CC(=O)C(=N)C(C(=O)O)=C2O)O[C@@H]1COC(C)=O. The van der Waals surface area contributed by atoms with Crippen molar-refractivity contribution in [3.63, 3.8) is 0 Å². The third kappa shape index (κ3) is 8.93. The molecule has 12 atom stereocenters. The first kappa shape index (κ1) is 44.4. The number of carboxylic acid groups (broad SMARTS) is 1. The van der Waals surface area contributed by atoms with Crippen molar-refractivity contribution in [1.29, 1.82) is 5.41 Å². The van der Waals surface area contributed by atoms with Crippen molar-refractivity contribution in [2.24, 2.45) is 10.9 Å². The number of isothiocyanates is 1. The third-order valence-corrected chi connectivity index (χ3v) is 9.86.